The summed E-state index contributed by atoms with van der Waals surface area (Å²) >= 11 is 5.86. The molecule has 3 N–H and O–H groups in total. The third-order valence-corrected chi connectivity index (χ3v) is 4.87. The van der Waals surface area contributed by atoms with Crippen LogP contribution in [0.25, 0.3) is 0 Å². The second kappa shape index (κ2) is 8.71. The SMILES string of the molecule is O=C(O)c1ccc(NC(=O)C2CC=CCC2C(=O)Nc2ccc(Cl)cc2)cc1. The van der Waals surface area contributed by atoms with Gasteiger partial charge >= 0.3 is 5.97 Å². The van der Waals surface area contributed by atoms with Crippen molar-refractivity contribution in [2.75, 3.05) is 10.6 Å². The molecule has 0 aliphatic heterocycles. The average molecular weight is 399 g/mol. The first kappa shape index (κ1) is 19.6. The van der Waals surface area contributed by atoms with Crippen LogP contribution in [0.2, 0.25) is 5.02 Å². The number of carboxylic acid groups (broad SMARTS) is 1. The van der Waals surface area contributed by atoms with Crippen LogP contribution in [0.1, 0.15) is 23.2 Å². The number of carbonyl (C=O) groups is 3. The molecule has 2 atom stereocenters. The minimum Gasteiger partial charge on any atom is -0.478 e. The highest BCUT2D eigenvalue weighted by Gasteiger charge is 2.34. The molecule has 2 aromatic rings. The number of benzene rings is 2. The van der Waals surface area contributed by atoms with Crippen LogP contribution in [0.3, 0.4) is 0 Å². The van der Waals surface area contributed by atoms with E-state index in [0.717, 1.165) is 0 Å². The van der Waals surface area contributed by atoms with Crippen molar-refractivity contribution < 1.29 is 19.5 Å². The number of halogens is 1. The van der Waals surface area contributed by atoms with Crippen molar-refractivity contribution in [3.8, 4) is 0 Å². The smallest absolute Gasteiger partial charge is 0.335 e. The Labute approximate surface area is 167 Å². The highest BCUT2D eigenvalue weighted by Crippen LogP contribution is 2.28. The molecule has 0 bridgehead atoms. The Morgan fingerprint density at radius 2 is 1.21 bits per heavy atom. The lowest BCUT2D eigenvalue weighted by atomic mass is 9.81. The van der Waals surface area contributed by atoms with Crippen LogP contribution in [-0.4, -0.2) is 22.9 Å². The molecule has 0 heterocycles. The molecule has 7 heteroatoms. The quantitative estimate of drug-likeness (QED) is 0.658. The molecule has 2 amide bonds. The summed E-state index contributed by atoms with van der Waals surface area (Å²) in [5.41, 5.74) is 1.24. The number of nitrogens with one attached hydrogen (secondary N) is 2. The maximum absolute atomic E-state index is 12.7. The summed E-state index contributed by atoms with van der Waals surface area (Å²) < 4.78 is 0. The topological polar surface area (TPSA) is 95.5 Å². The summed E-state index contributed by atoms with van der Waals surface area (Å²) in [6.45, 7) is 0. The van der Waals surface area contributed by atoms with E-state index in [1.807, 2.05) is 12.2 Å². The molecule has 0 fully saturated rings. The number of carbonyl (C=O) groups excluding carboxylic acids is 2. The Bertz CT molecular complexity index is 907. The number of allylic oxidation sites excluding steroid dienone is 2. The number of hydrogen-bond acceptors (Lipinski definition) is 3. The number of anilines is 2. The van der Waals surface area contributed by atoms with Crippen LogP contribution < -0.4 is 10.6 Å². The number of aromatic carboxylic acids is 1. The van der Waals surface area contributed by atoms with Gasteiger partial charge in [-0.25, -0.2) is 4.79 Å². The van der Waals surface area contributed by atoms with Gasteiger partial charge in [0.15, 0.2) is 0 Å². The van der Waals surface area contributed by atoms with Crippen molar-refractivity contribution in [1.82, 2.24) is 0 Å². The molecule has 0 aromatic heterocycles. The van der Waals surface area contributed by atoms with Gasteiger partial charge in [0.25, 0.3) is 0 Å². The molecular formula is C21H19ClN2O4. The molecule has 0 saturated heterocycles. The zero-order valence-corrected chi connectivity index (χ0v) is 15.6. The van der Waals surface area contributed by atoms with Gasteiger partial charge in [-0.1, -0.05) is 23.8 Å². The molecular weight excluding hydrogens is 380 g/mol. The highest BCUT2D eigenvalue weighted by molar-refractivity contribution is 6.30. The first-order chi connectivity index (χ1) is 13.4. The summed E-state index contributed by atoms with van der Waals surface area (Å²) in [5, 5.41) is 15.1. The minimum absolute atomic E-state index is 0.138. The van der Waals surface area contributed by atoms with Gasteiger partial charge in [0.2, 0.25) is 11.8 Å². The molecule has 6 nitrogen and oxygen atoms in total. The maximum Gasteiger partial charge on any atom is 0.335 e. The molecule has 144 valence electrons. The van der Waals surface area contributed by atoms with Gasteiger partial charge in [0.1, 0.15) is 0 Å². The van der Waals surface area contributed by atoms with Gasteiger partial charge in [-0.2, -0.15) is 0 Å². The van der Waals surface area contributed by atoms with Gasteiger partial charge in [-0.3, -0.25) is 9.59 Å². The molecule has 0 radical (unpaired) electrons. The summed E-state index contributed by atoms with van der Waals surface area (Å²) in [7, 11) is 0. The Balaban J connectivity index is 1.68. The van der Waals surface area contributed by atoms with E-state index in [1.54, 1.807) is 24.3 Å². The highest BCUT2D eigenvalue weighted by atomic mass is 35.5. The third kappa shape index (κ3) is 4.78. The Morgan fingerprint density at radius 3 is 1.64 bits per heavy atom. The van der Waals surface area contributed by atoms with Crippen molar-refractivity contribution in [3.05, 3.63) is 71.3 Å². The number of amides is 2. The summed E-state index contributed by atoms with van der Waals surface area (Å²) in [6.07, 6.45) is 4.72. The van der Waals surface area contributed by atoms with E-state index in [9.17, 15) is 14.4 Å². The Morgan fingerprint density at radius 1 is 0.786 bits per heavy atom. The lowest BCUT2D eigenvalue weighted by molar-refractivity contribution is -0.129. The summed E-state index contributed by atoms with van der Waals surface area (Å²) in [4.78, 5) is 36.4. The zero-order chi connectivity index (χ0) is 20.1. The predicted octanol–water partition coefficient (Wildman–Crippen LogP) is 4.20. The van der Waals surface area contributed by atoms with E-state index in [1.165, 1.54) is 24.3 Å². The third-order valence-electron chi connectivity index (χ3n) is 4.62. The second-order valence-electron chi connectivity index (χ2n) is 6.52. The van der Waals surface area contributed by atoms with Crippen molar-refractivity contribution in [3.63, 3.8) is 0 Å². The van der Waals surface area contributed by atoms with Gasteiger partial charge in [0, 0.05) is 16.4 Å². The Kier molecular flexibility index (Phi) is 6.11. The monoisotopic (exact) mass is 398 g/mol. The summed E-state index contributed by atoms with van der Waals surface area (Å²) in [6, 6.07) is 12.7. The number of rotatable bonds is 5. The number of carboxylic acids is 1. The van der Waals surface area contributed by atoms with Crippen LogP contribution in [0.4, 0.5) is 11.4 Å². The zero-order valence-electron chi connectivity index (χ0n) is 14.9. The van der Waals surface area contributed by atoms with Gasteiger partial charge < -0.3 is 15.7 Å². The number of hydrogen-bond donors (Lipinski definition) is 3. The first-order valence-corrected chi connectivity index (χ1v) is 9.17. The van der Waals surface area contributed by atoms with Gasteiger partial charge in [-0.15, -0.1) is 0 Å². The average Bonchev–Trinajstić information content (AvgIpc) is 2.70. The van der Waals surface area contributed by atoms with Gasteiger partial charge in [-0.05, 0) is 61.4 Å². The van der Waals surface area contributed by atoms with Crippen LogP contribution >= 0.6 is 11.6 Å². The van der Waals surface area contributed by atoms with E-state index in [-0.39, 0.29) is 17.4 Å². The summed E-state index contributed by atoms with van der Waals surface area (Å²) in [5.74, 6) is -2.55. The second-order valence-corrected chi connectivity index (χ2v) is 6.96. The molecule has 3 rings (SSSR count). The van der Waals surface area contributed by atoms with E-state index < -0.39 is 17.8 Å². The van der Waals surface area contributed by atoms with Crippen LogP contribution in [0.5, 0.6) is 0 Å². The van der Waals surface area contributed by atoms with Crippen molar-refractivity contribution in [2.45, 2.75) is 12.8 Å². The normalized spacial score (nSPS) is 18.3. The molecule has 2 unspecified atom stereocenters. The molecule has 1 aliphatic carbocycles. The molecule has 0 spiro atoms. The maximum atomic E-state index is 12.7. The van der Waals surface area contributed by atoms with E-state index in [2.05, 4.69) is 10.6 Å². The molecule has 1 aliphatic rings. The predicted molar refractivity (Wildman–Crippen MR) is 107 cm³/mol. The van der Waals surface area contributed by atoms with Crippen molar-refractivity contribution >= 4 is 40.8 Å². The molecule has 28 heavy (non-hydrogen) atoms. The van der Waals surface area contributed by atoms with Gasteiger partial charge in [0.05, 0.1) is 17.4 Å². The molecule has 2 aromatic carbocycles. The van der Waals surface area contributed by atoms with Crippen molar-refractivity contribution in [2.24, 2.45) is 11.8 Å². The fourth-order valence-electron chi connectivity index (χ4n) is 3.09. The first-order valence-electron chi connectivity index (χ1n) is 8.79. The fourth-order valence-corrected chi connectivity index (χ4v) is 3.22. The molecule has 0 saturated carbocycles. The van der Waals surface area contributed by atoms with E-state index in [0.29, 0.717) is 29.2 Å². The minimum atomic E-state index is -1.03. The van der Waals surface area contributed by atoms with E-state index in [4.69, 9.17) is 16.7 Å². The van der Waals surface area contributed by atoms with Crippen LogP contribution in [0, 0.1) is 11.8 Å². The van der Waals surface area contributed by atoms with E-state index >= 15 is 0 Å². The standard InChI is InChI=1S/C21H19ClN2O4/c22-14-7-11-16(12-8-14)24-20(26)18-4-2-1-3-17(18)19(25)23-15-9-5-13(6-10-15)21(27)28/h1-2,5-12,17-18H,3-4H2,(H,23,25)(H,24,26)(H,27,28). The van der Waals surface area contributed by atoms with Crippen LogP contribution in [0.15, 0.2) is 60.7 Å². The largest absolute Gasteiger partial charge is 0.478 e. The fraction of sp³-hybridized carbons (Fsp3) is 0.190. The lowest BCUT2D eigenvalue weighted by Gasteiger charge is -2.26. The van der Waals surface area contributed by atoms with Crippen LogP contribution in [-0.2, 0) is 9.59 Å². The lowest BCUT2D eigenvalue weighted by Crippen LogP contribution is -2.37. The van der Waals surface area contributed by atoms with Crippen molar-refractivity contribution in [1.29, 1.82) is 0 Å². The Hall–Kier alpha value is -3.12.